The molecule has 1 saturated carbocycles. The van der Waals surface area contributed by atoms with E-state index in [1.54, 1.807) is 11.3 Å². The highest BCUT2D eigenvalue weighted by Crippen LogP contribution is 2.31. The van der Waals surface area contributed by atoms with Crippen molar-refractivity contribution in [3.63, 3.8) is 0 Å². The summed E-state index contributed by atoms with van der Waals surface area (Å²) < 4.78 is 5.98. The lowest BCUT2D eigenvalue weighted by Gasteiger charge is -2.38. The van der Waals surface area contributed by atoms with Crippen LogP contribution in [0.15, 0.2) is 16.8 Å². The monoisotopic (exact) mass is 330 g/mol. The summed E-state index contributed by atoms with van der Waals surface area (Å²) in [5, 5.41) is 4.16. The molecule has 21 heavy (non-hydrogen) atoms. The van der Waals surface area contributed by atoms with Gasteiger partial charge in [0, 0.05) is 18.5 Å². The Morgan fingerprint density at radius 3 is 2.86 bits per heavy atom. The molecule has 1 saturated heterocycles. The summed E-state index contributed by atoms with van der Waals surface area (Å²) in [6.45, 7) is 3.41. The van der Waals surface area contributed by atoms with Crippen molar-refractivity contribution in [3.8, 4) is 0 Å². The van der Waals surface area contributed by atoms with E-state index in [1.807, 2.05) is 11.8 Å². The van der Waals surface area contributed by atoms with Crippen LogP contribution in [0, 0.1) is 5.92 Å². The molecule has 0 bridgehead atoms. The molecule has 6 heteroatoms. The van der Waals surface area contributed by atoms with Gasteiger partial charge < -0.3 is 15.4 Å². The number of ether oxygens (including phenoxy) is 1. The maximum absolute atomic E-state index is 12.6. The maximum Gasteiger partial charge on any atom is 0.225 e. The van der Waals surface area contributed by atoms with Gasteiger partial charge in [0.1, 0.15) is 6.10 Å². The average molecular weight is 331 g/mol. The number of nitrogens with zero attached hydrogens (tertiary/aromatic N) is 1. The number of thiophene rings is 1. The van der Waals surface area contributed by atoms with Crippen molar-refractivity contribution >= 4 is 29.7 Å². The summed E-state index contributed by atoms with van der Waals surface area (Å²) in [6.07, 6.45) is 2.86. The van der Waals surface area contributed by atoms with Crippen molar-refractivity contribution in [1.82, 2.24) is 4.90 Å². The van der Waals surface area contributed by atoms with Crippen molar-refractivity contribution in [3.05, 3.63) is 22.4 Å². The van der Waals surface area contributed by atoms with Crippen molar-refractivity contribution in [2.75, 3.05) is 13.1 Å². The minimum atomic E-state index is 0. The van der Waals surface area contributed by atoms with Crippen LogP contribution in [-0.4, -0.2) is 36.0 Å². The van der Waals surface area contributed by atoms with Crippen LogP contribution in [0.3, 0.4) is 0 Å². The zero-order chi connectivity index (χ0) is 14.1. The van der Waals surface area contributed by atoms with Crippen molar-refractivity contribution in [2.24, 2.45) is 11.7 Å². The second-order valence-electron chi connectivity index (χ2n) is 6.01. The van der Waals surface area contributed by atoms with Crippen LogP contribution in [0.4, 0.5) is 0 Å². The average Bonchev–Trinajstić information content (AvgIpc) is 3.08. The van der Waals surface area contributed by atoms with Gasteiger partial charge in [-0.2, -0.15) is 11.3 Å². The predicted molar refractivity (Wildman–Crippen MR) is 86.8 cm³/mol. The molecule has 118 valence electrons. The third-order valence-corrected chi connectivity index (χ3v) is 5.01. The molecule has 2 aliphatic rings. The van der Waals surface area contributed by atoms with Crippen LogP contribution >= 0.6 is 23.7 Å². The standard InChI is InChI=1S/C15H22N2O2S.ClH/c1-10-7-17(15(18)11-2-3-13(16)6-11)8-14(19-10)12-4-5-20-9-12;/h4-5,9-11,13-14H,2-3,6-8,16H2,1H3;1H. The fourth-order valence-corrected chi connectivity index (χ4v) is 3.97. The first kappa shape index (κ1) is 16.7. The van der Waals surface area contributed by atoms with Gasteiger partial charge in [0.05, 0.1) is 12.6 Å². The Bertz CT molecular complexity index is 468. The summed E-state index contributed by atoms with van der Waals surface area (Å²) in [5.74, 6) is 0.395. The number of hydrogen-bond donors (Lipinski definition) is 1. The molecule has 4 atom stereocenters. The molecular weight excluding hydrogens is 308 g/mol. The van der Waals surface area contributed by atoms with Gasteiger partial charge in [-0.3, -0.25) is 4.79 Å². The minimum Gasteiger partial charge on any atom is -0.367 e. The summed E-state index contributed by atoms with van der Waals surface area (Å²) in [6, 6.07) is 2.29. The van der Waals surface area contributed by atoms with Crippen LogP contribution in [-0.2, 0) is 9.53 Å². The molecule has 0 radical (unpaired) electrons. The Kier molecular flexibility index (Phi) is 5.66. The summed E-state index contributed by atoms with van der Waals surface area (Å²) in [7, 11) is 0. The van der Waals surface area contributed by atoms with Crippen LogP contribution in [0.5, 0.6) is 0 Å². The van der Waals surface area contributed by atoms with E-state index in [-0.39, 0.29) is 42.5 Å². The fourth-order valence-electron chi connectivity index (χ4n) is 3.27. The van der Waals surface area contributed by atoms with Gasteiger partial charge in [-0.25, -0.2) is 0 Å². The molecule has 0 spiro atoms. The van der Waals surface area contributed by atoms with E-state index in [0.717, 1.165) is 19.3 Å². The highest BCUT2D eigenvalue weighted by atomic mass is 35.5. The van der Waals surface area contributed by atoms with Gasteiger partial charge in [-0.15, -0.1) is 12.4 Å². The molecule has 2 heterocycles. The Morgan fingerprint density at radius 2 is 2.24 bits per heavy atom. The van der Waals surface area contributed by atoms with Gasteiger partial charge >= 0.3 is 0 Å². The summed E-state index contributed by atoms with van der Waals surface area (Å²) in [5.41, 5.74) is 7.11. The quantitative estimate of drug-likeness (QED) is 0.906. The van der Waals surface area contributed by atoms with Crippen LogP contribution in [0.1, 0.15) is 37.9 Å². The van der Waals surface area contributed by atoms with E-state index in [4.69, 9.17) is 10.5 Å². The zero-order valence-corrected chi connectivity index (χ0v) is 13.9. The van der Waals surface area contributed by atoms with E-state index in [0.29, 0.717) is 13.1 Å². The SMILES string of the molecule is CC1CN(C(=O)C2CCC(N)C2)CC(c2ccsc2)O1.Cl. The zero-order valence-electron chi connectivity index (χ0n) is 12.2. The largest absolute Gasteiger partial charge is 0.367 e. The van der Waals surface area contributed by atoms with Crippen LogP contribution in [0.2, 0.25) is 0 Å². The molecule has 4 nitrogen and oxygen atoms in total. The minimum absolute atomic E-state index is 0. The lowest BCUT2D eigenvalue weighted by molar-refractivity contribution is -0.148. The van der Waals surface area contributed by atoms with Gasteiger partial charge in [-0.1, -0.05) is 0 Å². The summed E-state index contributed by atoms with van der Waals surface area (Å²) in [4.78, 5) is 14.6. The molecule has 1 aromatic heterocycles. The molecule has 4 unspecified atom stereocenters. The molecular formula is C15H23ClN2O2S. The maximum atomic E-state index is 12.6. The molecule has 3 rings (SSSR count). The molecule has 1 aromatic rings. The van der Waals surface area contributed by atoms with Gasteiger partial charge in [0.2, 0.25) is 5.91 Å². The Labute approximate surface area is 136 Å². The number of nitrogens with two attached hydrogens (primary N) is 1. The van der Waals surface area contributed by atoms with E-state index in [2.05, 4.69) is 16.8 Å². The highest BCUT2D eigenvalue weighted by Gasteiger charge is 2.35. The number of morpholine rings is 1. The third-order valence-electron chi connectivity index (χ3n) is 4.31. The van der Waals surface area contributed by atoms with E-state index >= 15 is 0 Å². The lowest BCUT2D eigenvalue weighted by atomic mass is 10.0. The lowest BCUT2D eigenvalue weighted by Crippen LogP contribution is -2.47. The second kappa shape index (κ2) is 7.09. The first-order valence-corrected chi connectivity index (χ1v) is 8.29. The first-order valence-electron chi connectivity index (χ1n) is 7.35. The van der Waals surface area contributed by atoms with E-state index in [9.17, 15) is 4.79 Å². The highest BCUT2D eigenvalue weighted by molar-refractivity contribution is 7.07. The second-order valence-corrected chi connectivity index (χ2v) is 6.79. The smallest absolute Gasteiger partial charge is 0.225 e. The van der Waals surface area contributed by atoms with Gasteiger partial charge in [-0.05, 0) is 48.6 Å². The Balaban J connectivity index is 0.00000161. The van der Waals surface area contributed by atoms with Crippen LogP contribution in [0.25, 0.3) is 0 Å². The molecule has 0 aromatic carbocycles. The van der Waals surface area contributed by atoms with Crippen LogP contribution < -0.4 is 5.73 Å². The molecule has 1 aliphatic heterocycles. The number of carbonyl (C=O) groups is 1. The Morgan fingerprint density at radius 1 is 1.43 bits per heavy atom. The van der Waals surface area contributed by atoms with E-state index < -0.39 is 0 Å². The number of halogens is 1. The van der Waals surface area contributed by atoms with Crippen molar-refractivity contribution in [2.45, 2.75) is 44.4 Å². The number of carbonyl (C=O) groups excluding carboxylic acids is 1. The van der Waals surface area contributed by atoms with E-state index in [1.165, 1.54) is 5.56 Å². The molecule has 2 N–H and O–H groups in total. The predicted octanol–water partition coefficient (Wildman–Crippen LogP) is 2.59. The van der Waals surface area contributed by atoms with Crippen molar-refractivity contribution in [1.29, 1.82) is 0 Å². The molecule has 1 amide bonds. The fraction of sp³-hybridized carbons (Fsp3) is 0.667. The Hall–Kier alpha value is -0.620. The first-order chi connectivity index (χ1) is 9.63. The molecule has 2 fully saturated rings. The number of rotatable bonds is 2. The number of hydrogen-bond acceptors (Lipinski definition) is 4. The molecule has 1 aliphatic carbocycles. The third kappa shape index (κ3) is 3.77. The van der Waals surface area contributed by atoms with Crippen molar-refractivity contribution < 1.29 is 9.53 Å². The normalized spacial score (nSPS) is 32.8. The number of amides is 1. The van der Waals surface area contributed by atoms with Gasteiger partial charge in [0.25, 0.3) is 0 Å². The van der Waals surface area contributed by atoms with Gasteiger partial charge in [0.15, 0.2) is 0 Å². The topological polar surface area (TPSA) is 55.6 Å². The summed E-state index contributed by atoms with van der Waals surface area (Å²) >= 11 is 1.67.